The Kier molecular flexibility index (Phi) is 8.06. The number of hydrogen-bond acceptors (Lipinski definition) is 10. The topological polar surface area (TPSA) is 129 Å². The molecule has 13 heteroatoms. The number of nitrogens with zero attached hydrogens (tertiary/aromatic N) is 6. The number of thioether (sulfide) groups is 2. The zero-order valence-electron chi connectivity index (χ0n) is 19.4. The SMILES string of the molecule is CCSc1nc(NCCOC)c2cnn(CCNC(=O)CC3CSc4nc(C)cc(=O)n43)c2n1. The van der Waals surface area contributed by atoms with E-state index in [1.54, 1.807) is 41.2 Å². The predicted molar refractivity (Wildman–Crippen MR) is 133 cm³/mol. The molecule has 1 atom stereocenters. The van der Waals surface area contributed by atoms with Gasteiger partial charge in [-0.2, -0.15) is 5.10 Å². The summed E-state index contributed by atoms with van der Waals surface area (Å²) < 4.78 is 8.52. The molecule has 1 amide bonds. The molecule has 0 aliphatic carbocycles. The predicted octanol–water partition coefficient (Wildman–Crippen LogP) is 1.72. The minimum atomic E-state index is -0.187. The van der Waals surface area contributed by atoms with Crippen molar-refractivity contribution in [3.05, 3.63) is 28.3 Å². The van der Waals surface area contributed by atoms with Gasteiger partial charge >= 0.3 is 0 Å². The van der Waals surface area contributed by atoms with Gasteiger partial charge in [-0.15, -0.1) is 0 Å². The zero-order valence-corrected chi connectivity index (χ0v) is 21.0. The monoisotopic (exact) mass is 504 g/mol. The fourth-order valence-corrected chi connectivity index (χ4v) is 5.46. The van der Waals surface area contributed by atoms with E-state index < -0.39 is 0 Å². The van der Waals surface area contributed by atoms with Gasteiger partial charge in [-0.1, -0.05) is 30.4 Å². The number of methoxy groups -OCH3 is 1. The van der Waals surface area contributed by atoms with Crippen LogP contribution < -0.4 is 16.2 Å². The molecule has 0 radical (unpaired) electrons. The zero-order chi connectivity index (χ0) is 24.1. The first kappa shape index (κ1) is 24.5. The number of aromatic nitrogens is 6. The second kappa shape index (κ2) is 11.2. The number of amides is 1. The molecular weight excluding hydrogens is 476 g/mol. The van der Waals surface area contributed by atoms with Crippen LogP contribution in [0.1, 0.15) is 25.1 Å². The quantitative estimate of drug-likeness (QED) is 0.226. The Morgan fingerprint density at radius 3 is 2.97 bits per heavy atom. The van der Waals surface area contributed by atoms with E-state index in [0.717, 1.165) is 17.0 Å². The van der Waals surface area contributed by atoms with Crippen molar-refractivity contribution >= 4 is 46.3 Å². The van der Waals surface area contributed by atoms with Gasteiger partial charge in [-0.3, -0.25) is 14.2 Å². The average Bonchev–Trinajstić information content (AvgIpc) is 3.38. The molecule has 0 aromatic carbocycles. The molecule has 3 aromatic rings. The highest BCUT2D eigenvalue weighted by molar-refractivity contribution is 7.99. The average molecular weight is 505 g/mol. The van der Waals surface area contributed by atoms with Crippen LogP contribution in [-0.4, -0.2) is 73.5 Å². The minimum absolute atomic E-state index is 0.108. The molecule has 0 bridgehead atoms. The third kappa shape index (κ3) is 5.53. The van der Waals surface area contributed by atoms with Gasteiger partial charge < -0.3 is 15.4 Å². The minimum Gasteiger partial charge on any atom is -0.383 e. The van der Waals surface area contributed by atoms with E-state index in [4.69, 9.17) is 4.74 Å². The number of rotatable bonds is 11. The normalized spacial score (nSPS) is 15.0. The Bertz CT molecular complexity index is 1230. The highest BCUT2D eigenvalue weighted by Crippen LogP contribution is 2.31. The molecular formula is C21H28N8O3S2. The summed E-state index contributed by atoms with van der Waals surface area (Å²) in [4.78, 5) is 38.6. The van der Waals surface area contributed by atoms with E-state index >= 15 is 0 Å². The Balaban J connectivity index is 1.39. The second-order valence-electron chi connectivity index (χ2n) is 7.72. The Hall–Kier alpha value is -2.64. The first-order valence-electron chi connectivity index (χ1n) is 11.1. The van der Waals surface area contributed by atoms with Crippen LogP contribution in [0.5, 0.6) is 0 Å². The van der Waals surface area contributed by atoms with Crippen molar-refractivity contribution in [2.45, 2.75) is 43.2 Å². The molecule has 34 heavy (non-hydrogen) atoms. The van der Waals surface area contributed by atoms with Crippen LogP contribution in [0.25, 0.3) is 11.0 Å². The maximum absolute atomic E-state index is 12.6. The molecule has 182 valence electrons. The number of ether oxygens (including phenoxy) is 1. The number of aryl methyl sites for hydroxylation is 1. The van der Waals surface area contributed by atoms with Gasteiger partial charge in [-0.05, 0) is 12.7 Å². The molecule has 0 fully saturated rings. The molecule has 4 rings (SSSR count). The summed E-state index contributed by atoms with van der Waals surface area (Å²) in [5.74, 6) is 2.13. The number of carbonyl (C=O) groups is 1. The van der Waals surface area contributed by atoms with Crippen LogP contribution in [0.15, 0.2) is 27.4 Å². The number of carbonyl (C=O) groups excluding carboxylic acids is 1. The molecule has 0 saturated heterocycles. The van der Waals surface area contributed by atoms with Gasteiger partial charge in [0.25, 0.3) is 5.56 Å². The Labute approximate surface area is 205 Å². The fourth-order valence-electron chi connectivity index (χ4n) is 3.70. The number of hydrogen-bond donors (Lipinski definition) is 2. The third-order valence-electron chi connectivity index (χ3n) is 5.23. The third-order valence-corrected chi connectivity index (χ3v) is 7.06. The van der Waals surface area contributed by atoms with Crippen molar-refractivity contribution in [3.8, 4) is 0 Å². The lowest BCUT2D eigenvalue weighted by molar-refractivity contribution is -0.121. The van der Waals surface area contributed by atoms with Gasteiger partial charge in [0.15, 0.2) is 16.0 Å². The van der Waals surface area contributed by atoms with Crippen molar-refractivity contribution in [1.29, 1.82) is 0 Å². The highest BCUT2D eigenvalue weighted by atomic mass is 32.2. The molecule has 0 spiro atoms. The van der Waals surface area contributed by atoms with Gasteiger partial charge in [-0.25, -0.2) is 19.6 Å². The second-order valence-corrected chi connectivity index (χ2v) is 9.94. The number of nitrogens with one attached hydrogen (secondary N) is 2. The van der Waals surface area contributed by atoms with Crippen molar-refractivity contribution in [1.82, 2.24) is 34.6 Å². The summed E-state index contributed by atoms with van der Waals surface area (Å²) in [7, 11) is 1.66. The summed E-state index contributed by atoms with van der Waals surface area (Å²) in [6.45, 7) is 5.91. The summed E-state index contributed by atoms with van der Waals surface area (Å²) in [5.41, 5.74) is 1.31. The molecule has 2 N–H and O–H groups in total. The molecule has 1 aliphatic rings. The smallest absolute Gasteiger partial charge is 0.254 e. The molecule has 0 saturated carbocycles. The lowest BCUT2D eigenvalue weighted by atomic mass is 10.2. The Morgan fingerprint density at radius 1 is 1.32 bits per heavy atom. The van der Waals surface area contributed by atoms with Gasteiger partial charge in [0, 0.05) is 44.1 Å². The number of anilines is 1. The summed E-state index contributed by atoms with van der Waals surface area (Å²) in [5, 5.41) is 12.9. The Morgan fingerprint density at radius 2 is 2.18 bits per heavy atom. The van der Waals surface area contributed by atoms with E-state index in [2.05, 4.69) is 37.6 Å². The maximum Gasteiger partial charge on any atom is 0.254 e. The van der Waals surface area contributed by atoms with Crippen LogP contribution in [0.3, 0.4) is 0 Å². The van der Waals surface area contributed by atoms with Crippen molar-refractivity contribution in [2.75, 3.05) is 43.6 Å². The first-order valence-corrected chi connectivity index (χ1v) is 13.1. The molecule has 3 aromatic heterocycles. The van der Waals surface area contributed by atoms with Crippen LogP contribution in [-0.2, 0) is 16.1 Å². The van der Waals surface area contributed by atoms with Gasteiger partial charge in [0.1, 0.15) is 5.82 Å². The lowest BCUT2D eigenvalue weighted by Gasteiger charge is -2.13. The molecule has 11 nitrogen and oxygen atoms in total. The van der Waals surface area contributed by atoms with Crippen molar-refractivity contribution in [3.63, 3.8) is 0 Å². The van der Waals surface area contributed by atoms with Crippen molar-refractivity contribution < 1.29 is 9.53 Å². The standard InChI is InChI=1S/C21H28N8O3S2/c1-4-33-20-26-18(23-6-8-32-3)15-11-24-28(19(15)27-20)7-5-22-16(30)10-14-12-34-21-25-13(2)9-17(31)29(14)21/h9,11,14H,4-8,10,12H2,1-3H3,(H,22,30)(H,23,26,27). The lowest BCUT2D eigenvalue weighted by Crippen LogP contribution is -2.32. The van der Waals surface area contributed by atoms with Crippen molar-refractivity contribution in [2.24, 2.45) is 0 Å². The van der Waals surface area contributed by atoms with E-state index in [9.17, 15) is 9.59 Å². The number of fused-ring (bicyclic) bond motifs is 2. The highest BCUT2D eigenvalue weighted by Gasteiger charge is 2.27. The summed E-state index contributed by atoms with van der Waals surface area (Å²) in [6, 6.07) is 1.32. The van der Waals surface area contributed by atoms with E-state index in [0.29, 0.717) is 53.6 Å². The van der Waals surface area contributed by atoms with E-state index in [1.165, 1.54) is 17.8 Å². The molecule has 1 aliphatic heterocycles. The maximum atomic E-state index is 12.6. The van der Waals surface area contributed by atoms with Crippen LogP contribution in [0.2, 0.25) is 0 Å². The van der Waals surface area contributed by atoms with Crippen LogP contribution >= 0.6 is 23.5 Å². The van der Waals surface area contributed by atoms with E-state index in [1.807, 2.05) is 0 Å². The van der Waals surface area contributed by atoms with Gasteiger partial charge in [0.05, 0.1) is 30.8 Å². The van der Waals surface area contributed by atoms with E-state index in [-0.39, 0.29) is 23.9 Å². The first-order chi connectivity index (χ1) is 16.5. The van der Waals surface area contributed by atoms with Crippen LogP contribution in [0, 0.1) is 6.92 Å². The molecule has 4 heterocycles. The molecule has 1 unspecified atom stereocenters. The van der Waals surface area contributed by atoms with Gasteiger partial charge in [0.2, 0.25) is 5.91 Å². The fraction of sp³-hybridized carbons (Fsp3) is 0.524. The summed E-state index contributed by atoms with van der Waals surface area (Å²) in [6.07, 6.45) is 1.97. The van der Waals surface area contributed by atoms with Crippen LogP contribution in [0.4, 0.5) is 5.82 Å². The largest absolute Gasteiger partial charge is 0.383 e. The summed E-state index contributed by atoms with van der Waals surface area (Å²) >= 11 is 3.07.